The first-order valence-corrected chi connectivity index (χ1v) is 8.10. The van der Waals surface area contributed by atoms with E-state index in [0.717, 1.165) is 0 Å². The van der Waals surface area contributed by atoms with Crippen molar-refractivity contribution in [2.75, 3.05) is 0 Å². The predicted molar refractivity (Wildman–Crippen MR) is 95.1 cm³/mol. The second-order valence-electron chi connectivity index (χ2n) is 5.59. The number of esters is 1. The lowest BCUT2D eigenvalue weighted by Crippen LogP contribution is -2.24. The van der Waals surface area contributed by atoms with Crippen LogP contribution in [0.3, 0.4) is 0 Å². The molecule has 7 heteroatoms. The Bertz CT molecular complexity index is 1020. The topological polar surface area (TPSA) is 61.2 Å². The van der Waals surface area contributed by atoms with Crippen molar-refractivity contribution in [3.63, 3.8) is 0 Å². The SMILES string of the molecule is Cc1cc(=O)c(C(=O)OCc2cccc(F)c2)nn1-c1ccc(Cl)cc1. The van der Waals surface area contributed by atoms with Gasteiger partial charge < -0.3 is 4.74 Å². The lowest BCUT2D eigenvalue weighted by Gasteiger charge is -2.11. The number of aromatic nitrogens is 2. The Hall–Kier alpha value is -2.99. The molecule has 3 rings (SSSR count). The van der Waals surface area contributed by atoms with Gasteiger partial charge in [-0.25, -0.2) is 13.9 Å². The number of halogens is 2. The number of ether oxygens (including phenoxy) is 1. The van der Waals surface area contributed by atoms with E-state index in [9.17, 15) is 14.0 Å². The summed E-state index contributed by atoms with van der Waals surface area (Å²) in [4.78, 5) is 24.4. The van der Waals surface area contributed by atoms with Crippen LogP contribution in [0.4, 0.5) is 4.39 Å². The lowest BCUT2D eigenvalue weighted by molar-refractivity contribution is 0.0461. The Morgan fingerprint density at radius 3 is 2.62 bits per heavy atom. The van der Waals surface area contributed by atoms with Crippen molar-refractivity contribution in [1.29, 1.82) is 0 Å². The minimum absolute atomic E-state index is 0.160. The van der Waals surface area contributed by atoms with Gasteiger partial charge in [-0.1, -0.05) is 23.7 Å². The van der Waals surface area contributed by atoms with E-state index in [1.165, 1.54) is 28.9 Å². The van der Waals surface area contributed by atoms with Crippen molar-refractivity contribution in [2.24, 2.45) is 0 Å². The van der Waals surface area contributed by atoms with Crippen LogP contribution in [0.15, 0.2) is 59.4 Å². The van der Waals surface area contributed by atoms with Gasteiger partial charge in [0.05, 0.1) is 5.69 Å². The fourth-order valence-corrected chi connectivity index (χ4v) is 2.50. The van der Waals surface area contributed by atoms with Gasteiger partial charge in [-0.3, -0.25) is 4.79 Å². The van der Waals surface area contributed by atoms with Gasteiger partial charge in [0, 0.05) is 16.8 Å². The lowest BCUT2D eigenvalue weighted by atomic mass is 10.2. The summed E-state index contributed by atoms with van der Waals surface area (Å²) in [6, 6.07) is 13.8. The second kappa shape index (κ2) is 7.49. The van der Waals surface area contributed by atoms with Crippen molar-refractivity contribution in [3.05, 3.63) is 92.6 Å². The largest absolute Gasteiger partial charge is 0.456 e. The number of hydrogen-bond acceptors (Lipinski definition) is 4. The van der Waals surface area contributed by atoms with Crippen molar-refractivity contribution in [3.8, 4) is 5.69 Å². The molecule has 0 amide bonds. The first-order valence-electron chi connectivity index (χ1n) is 7.72. The highest BCUT2D eigenvalue weighted by molar-refractivity contribution is 6.30. The molecule has 26 heavy (non-hydrogen) atoms. The highest BCUT2D eigenvalue weighted by atomic mass is 35.5. The molecule has 1 aromatic heterocycles. The number of rotatable bonds is 4. The van der Waals surface area contributed by atoms with E-state index < -0.39 is 17.2 Å². The highest BCUT2D eigenvalue weighted by Gasteiger charge is 2.17. The molecule has 0 saturated heterocycles. The third-order valence-corrected chi connectivity index (χ3v) is 3.88. The van der Waals surface area contributed by atoms with Crippen LogP contribution in [0.2, 0.25) is 5.02 Å². The Balaban J connectivity index is 1.87. The second-order valence-corrected chi connectivity index (χ2v) is 6.03. The summed E-state index contributed by atoms with van der Waals surface area (Å²) >= 11 is 5.88. The van der Waals surface area contributed by atoms with Gasteiger partial charge in [-0.15, -0.1) is 0 Å². The van der Waals surface area contributed by atoms with Crippen molar-refractivity contribution >= 4 is 17.6 Å². The predicted octanol–water partition coefficient (Wildman–Crippen LogP) is 3.69. The van der Waals surface area contributed by atoms with Crippen molar-refractivity contribution in [1.82, 2.24) is 9.78 Å². The van der Waals surface area contributed by atoms with Crippen LogP contribution in [-0.2, 0) is 11.3 Å². The number of carbonyl (C=O) groups is 1. The molecule has 0 atom stereocenters. The smallest absolute Gasteiger partial charge is 0.363 e. The number of benzene rings is 2. The van der Waals surface area contributed by atoms with Gasteiger partial charge in [0.1, 0.15) is 12.4 Å². The van der Waals surface area contributed by atoms with Gasteiger partial charge in [-0.2, -0.15) is 5.10 Å². The van der Waals surface area contributed by atoms with E-state index in [0.29, 0.717) is 22.0 Å². The molecular weight excluding hydrogens is 359 g/mol. The molecule has 0 saturated carbocycles. The summed E-state index contributed by atoms with van der Waals surface area (Å²) < 4.78 is 19.7. The molecule has 0 unspecified atom stereocenters. The third-order valence-electron chi connectivity index (χ3n) is 3.63. The molecule has 5 nitrogen and oxygen atoms in total. The molecule has 1 heterocycles. The number of aryl methyl sites for hydroxylation is 1. The molecule has 3 aromatic rings. The van der Waals surface area contributed by atoms with Crippen LogP contribution >= 0.6 is 11.6 Å². The van der Waals surface area contributed by atoms with Crippen LogP contribution < -0.4 is 5.43 Å². The van der Waals surface area contributed by atoms with E-state index in [4.69, 9.17) is 16.3 Å². The Morgan fingerprint density at radius 2 is 1.92 bits per heavy atom. The molecule has 0 aliphatic carbocycles. The quantitative estimate of drug-likeness (QED) is 0.655. The van der Waals surface area contributed by atoms with Gasteiger partial charge in [0.25, 0.3) is 0 Å². The Kier molecular flexibility index (Phi) is 5.14. The van der Waals surface area contributed by atoms with Crippen LogP contribution in [0.1, 0.15) is 21.7 Å². The zero-order valence-corrected chi connectivity index (χ0v) is 14.5. The first-order chi connectivity index (χ1) is 12.4. The zero-order valence-electron chi connectivity index (χ0n) is 13.8. The minimum atomic E-state index is -0.873. The molecule has 0 spiro atoms. The molecule has 0 aliphatic heterocycles. The van der Waals surface area contributed by atoms with E-state index in [1.54, 1.807) is 37.3 Å². The van der Waals surface area contributed by atoms with E-state index >= 15 is 0 Å². The molecule has 0 bridgehead atoms. The first kappa shape index (κ1) is 17.8. The standard InChI is InChI=1S/C19H14ClFN2O3/c1-12-9-17(24)18(22-23(12)16-7-5-14(20)6-8-16)19(25)26-11-13-3-2-4-15(21)10-13/h2-10H,11H2,1H3. The number of hydrogen-bond donors (Lipinski definition) is 0. The van der Waals surface area contributed by atoms with Crippen LogP contribution in [0, 0.1) is 12.7 Å². The summed E-state index contributed by atoms with van der Waals surface area (Å²) in [6.45, 7) is 1.54. The van der Waals surface area contributed by atoms with Gasteiger partial charge in [-0.05, 0) is 48.9 Å². The summed E-state index contributed by atoms with van der Waals surface area (Å²) in [7, 11) is 0. The molecular formula is C19H14ClFN2O3. The molecule has 0 aliphatic rings. The van der Waals surface area contributed by atoms with E-state index in [1.807, 2.05) is 0 Å². The van der Waals surface area contributed by atoms with Gasteiger partial charge in [0.15, 0.2) is 0 Å². The molecule has 2 aromatic carbocycles. The summed E-state index contributed by atoms with van der Waals surface area (Å²) in [5, 5.41) is 4.67. The summed E-state index contributed by atoms with van der Waals surface area (Å²) in [5.41, 5.74) is 0.785. The zero-order chi connectivity index (χ0) is 18.7. The third kappa shape index (κ3) is 3.97. The maximum Gasteiger partial charge on any atom is 0.363 e. The monoisotopic (exact) mass is 372 g/mol. The number of nitrogens with zero attached hydrogens (tertiary/aromatic N) is 2. The summed E-state index contributed by atoms with van der Waals surface area (Å²) in [6.07, 6.45) is 0. The number of carbonyl (C=O) groups excluding carboxylic acids is 1. The molecule has 0 fully saturated rings. The Morgan fingerprint density at radius 1 is 1.19 bits per heavy atom. The van der Waals surface area contributed by atoms with E-state index in [-0.39, 0.29) is 12.3 Å². The van der Waals surface area contributed by atoms with Crippen LogP contribution in [0.5, 0.6) is 0 Å². The molecule has 0 N–H and O–H groups in total. The molecule has 0 radical (unpaired) electrons. The van der Waals surface area contributed by atoms with Gasteiger partial charge >= 0.3 is 5.97 Å². The highest BCUT2D eigenvalue weighted by Crippen LogP contribution is 2.14. The maximum absolute atomic E-state index is 13.2. The minimum Gasteiger partial charge on any atom is -0.456 e. The van der Waals surface area contributed by atoms with Gasteiger partial charge in [0.2, 0.25) is 11.1 Å². The maximum atomic E-state index is 13.2. The Labute approximate surface area is 153 Å². The fraction of sp³-hybridized carbons (Fsp3) is 0.105. The average molecular weight is 373 g/mol. The normalized spacial score (nSPS) is 10.6. The molecule has 132 valence electrons. The fourth-order valence-electron chi connectivity index (χ4n) is 2.38. The van der Waals surface area contributed by atoms with Crippen LogP contribution in [-0.4, -0.2) is 15.7 Å². The van der Waals surface area contributed by atoms with Crippen molar-refractivity contribution < 1.29 is 13.9 Å². The average Bonchev–Trinajstić information content (AvgIpc) is 2.61. The van der Waals surface area contributed by atoms with Crippen molar-refractivity contribution in [2.45, 2.75) is 13.5 Å². The summed E-state index contributed by atoms with van der Waals surface area (Å²) in [5.74, 6) is -1.31. The van der Waals surface area contributed by atoms with Crippen LogP contribution in [0.25, 0.3) is 5.69 Å². The van der Waals surface area contributed by atoms with E-state index in [2.05, 4.69) is 5.10 Å².